The molecule has 2 unspecified atom stereocenters. The molecule has 0 aliphatic rings. The molecular weight excluding hydrogens is 222 g/mol. The van der Waals surface area contributed by atoms with Crippen LogP contribution in [0.4, 0.5) is 0 Å². The van der Waals surface area contributed by atoms with Crippen molar-refractivity contribution in [3.63, 3.8) is 0 Å². The Balaban J connectivity index is 2.54. The number of rotatable bonds is 9. The minimum atomic E-state index is 0.506. The molecule has 0 saturated heterocycles. The summed E-state index contributed by atoms with van der Waals surface area (Å²) in [5, 5.41) is 8.26. The molecule has 1 N–H and O–H groups in total. The highest BCUT2D eigenvalue weighted by Crippen LogP contribution is 2.12. The van der Waals surface area contributed by atoms with Crippen LogP contribution in [-0.4, -0.2) is 22.4 Å². The second-order valence-corrected chi connectivity index (χ2v) is 5.15. The summed E-state index contributed by atoms with van der Waals surface area (Å²) in [6.07, 6.45) is 8.12. The third-order valence-corrected chi connectivity index (χ3v) is 3.56. The second kappa shape index (κ2) is 8.30. The molecule has 0 radical (unpaired) electrons. The van der Waals surface area contributed by atoms with Crippen molar-refractivity contribution in [1.82, 2.24) is 15.1 Å². The lowest BCUT2D eigenvalue weighted by Crippen LogP contribution is -2.31. The second-order valence-electron chi connectivity index (χ2n) is 5.15. The van der Waals surface area contributed by atoms with Crippen LogP contribution in [0.1, 0.15) is 65.1 Å². The average Bonchev–Trinajstić information content (AvgIpc) is 2.83. The van der Waals surface area contributed by atoms with Crippen molar-refractivity contribution in [1.29, 1.82) is 0 Å². The predicted octanol–water partition coefficient (Wildman–Crippen LogP) is 3.56. The predicted molar refractivity (Wildman–Crippen MR) is 77.9 cm³/mol. The number of hydrogen-bond donors (Lipinski definition) is 1. The SMILES string of the molecule is CCCCC(Cc1ccn(C(C)CC)n1)NCC. The molecule has 2 atom stereocenters. The van der Waals surface area contributed by atoms with Gasteiger partial charge in [-0.2, -0.15) is 5.10 Å². The maximum absolute atomic E-state index is 4.69. The van der Waals surface area contributed by atoms with Gasteiger partial charge in [0.1, 0.15) is 0 Å². The zero-order valence-corrected chi connectivity index (χ0v) is 12.4. The summed E-state index contributed by atoms with van der Waals surface area (Å²) in [5.41, 5.74) is 1.22. The maximum atomic E-state index is 4.69. The molecule has 0 aliphatic carbocycles. The van der Waals surface area contributed by atoms with Crippen molar-refractivity contribution in [2.24, 2.45) is 0 Å². The number of hydrogen-bond acceptors (Lipinski definition) is 2. The van der Waals surface area contributed by atoms with Crippen molar-refractivity contribution < 1.29 is 0 Å². The van der Waals surface area contributed by atoms with Gasteiger partial charge in [0.05, 0.1) is 5.69 Å². The van der Waals surface area contributed by atoms with Crippen LogP contribution in [-0.2, 0) is 6.42 Å². The molecule has 0 bridgehead atoms. The Morgan fingerprint density at radius 1 is 1.33 bits per heavy atom. The van der Waals surface area contributed by atoms with Gasteiger partial charge >= 0.3 is 0 Å². The summed E-state index contributed by atoms with van der Waals surface area (Å²) in [5.74, 6) is 0. The monoisotopic (exact) mass is 251 g/mol. The molecule has 0 aliphatic heterocycles. The molecule has 18 heavy (non-hydrogen) atoms. The lowest BCUT2D eigenvalue weighted by molar-refractivity contribution is 0.450. The molecule has 0 aromatic carbocycles. The summed E-state index contributed by atoms with van der Waals surface area (Å²) in [7, 11) is 0. The van der Waals surface area contributed by atoms with Gasteiger partial charge in [-0.3, -0.25) is 4.68 Å². The lowest BCUT2D eigenvalue weighted by atomic mass is 10.0. The zero-order valence-electron chi connectivity index (χ0n) is 12.4. The topological polar surface area (TPSA) is 29.9 Å². The van der Waals surface area contributed by atoms with E-state index in [2.05, 4.69) is 55.1 Å². The van der Waals surface area contributed by atoms with Gasteiger partial charge in [0.25, 0.3) is 0 Å². The first-order valence-electron chi connectivity index (χ1n) is 7.48. The fraction of sp³-hybridized carbons (Fsp3) is 0.800. The van der Waals surface area contributed by atoms with Gasteiger partial charge in [-0.25, -0.2) is 0 Å². The van der Waals surface area contributed by atoms with Crippen molar-refractivity contribution in [2.75, 3.05) is 6.54 Å². The van der Waals surface area contributed by atoms with E-state index in [4.69, 9.17) is 0 Å². The van der Waals surface area contributed by atoms with Gasteiger partial charge in [-0.15, -0.1) is 0 Å². The van der Waals surface area contributed by atoms with E-state index in [1.165, 1.54) is 25.0 Å². The molecule has 0 amide bonds. The average molecular weight is 251 g/mol. The Kier molecular flexibility index (Phi) is 7.02. The molecule has 0 spiro atoms. The Morgan fingerprint density at radius 3 is 2.72 bits per heavy atom. The summed E-state index contributed by atoms with van der Waals surface area (Å²) in [6.45, 7) is 9.89. The Morgan fingerprint density at radius 2 is 2.11 bits per heavy atom. The maximum Gasteiger partial charge on any atom is 0.0640 e. The van der Waals surface area contributed by atoms with Gasteiger partial charge in [-0.1, -0.05) is 33.6 Å². The standard InChI is InChI=1S/C15H29N3/c1-5-8-9-14(16-7-3)12-15-10-11-18(17-15)13(4)6-2/h10-11,13-14,16H,5-9,12H2,1-4H3. The van der Waals surface area contributed by atoms with Crippen molar-refractivity contribution in [2.45, 2.75) is 71.9 Å². The highest BCUT2D eigenvalue weighted by molar-refractivity contribution is 5.02. The van der Waals surface area contributed by atoms with Gasteiger partial charge in [0.15, 0.2) is 0 Å². The van der Waals surface area contributed by atoms with E-state index in [0.29, 0.717) is 12.1 Å². The van der Waals surface area contributed by atoms with Crippen molar-refractivity contribution >= 4 is 0 Å². The number of nitrogens with one attached hydrogen (secondary N) is 1. The minimum absolute atomic E-state index is 0.506. The van der Waals surface area contributed by atoms with Crippen LogP contribution < -0.4 is 5.32 Å². The quantitative estimate of drug-likeness (QED) is 0.727. The van der Waals surface area contributed by atoms with Crippen LogP contribution >= 0.6 is 0 Å². The fourth-order valence-electron chi connectivity index (χ4n) is 2.19. The summed E-state index contributed by atoms with van der Waals surface area (Å²) in [4.78, 5) is 0. The van der Waals surface area contributed by atoms with E-state index >= 15 is 0 Å². The van der Waals surface area contributed by atoms with Gasteiger partial charge in [0.2, 0.25) is 0 Å². The first-order chi connectivity index (χ1) is 8.71. The molecule has 1 heterocycles. The Hall–Kier alpha value is -0.830. The molecule has 1 aromatic rings. The van der Waals surface area contributed by atoms with Crippen molar-refractivity contribution in [3.05, 3.63) is 18.0 Å². The van der Waals surface area contributed by atoms with Crippen LogP contribution in [0.25, 0.3) is 0 Å². The number of nitrogens with zero attached hydrogens (tertiary/aromatic N) is 2. The van der Waals surface area contributed by atoms with Crippen LogP contribution in [0.2, 0.25) is 0 Å². The van der Waals surface area contributed by atoms with Crippen LogP contribution in [0, 0.1) is 0 Å². The van der Waals surface area contributed by atoms with Gasteiger partial charge in [-0.05, 0) is 32.4 Å². The summed E-state index contributed by atoms with van der Waals surface area (Å²) < 4.78 is 2.10. The van der Waals surface area contributed by atoms with E-state index in [9.17, 15) is 0 Å². The largest absolute Gasteiger partial charge is 0.314 e. The number of unbranched alkanes of at least 4 members (excludes halogenated alkanes) is 1. The highest BCUT2D eigenvalue weighted by atomic mass is 15.3. The molecule has 1 rings (SSSR count). The number of aromatic nitrogens is 2. The third-order valence-electron chi connectivity index (χ3n) is 3.56. The highest BCUT2D eigenvalue weighted by Gasteiger charge is 2.11. The normalized spacial score (nSPS) is 14.7. The molecule has 0 fully saturated rings. The molecule has 3 heteroatoms. The number of likely N-dealkylation sites (N-methyl/N-ethyl adjacent to an activating group) is 1. The first-order valence-corrected chi connectivity index (χ1v) is 7.48. The molecule has 104 valence electrons. The molecular formula is C15H29N3. The molecule has 3 nitrogen and oxygen atoms in total. The van der Waals surface area contributed by atoms with E-state index in [1.54, 1.807) is 0 Å². The van der Waals surface area contributed by atoms with Crippen LogP contribution in [0.15, 0.2) is 12.3 Å². The third kappa shape index (κ3) is 4.81. The van der Waals surface area contributed by atoms with E-state index in [1.807, 2.05) is 0 Å². The van der Waals surface area contributed by atoms with E-state index in [0.717, 1.165) is 19.4 Å². The van der Waals surface area contributed by atoms with Gasteiger partial charge < -0.3 is 5.32 Å². The zero-order chi connectivity index (χ0) is 13.4. The smallest absolute Gasteiger partial charge is 0.0640 e. The molecule has 0 saturated carbocycles. The Bertz CT molecular complexity index is 319. The summed E-state index contributed by atoms with van der Waals surface area (Å²) >= 11 is 0. The summed E-state index contributed by atoms with van der Waals surface area (Å²) in [6, 6.07) is 3.25. The van der Waals surface area contributed by atoms with Gasteiger partial charge in [0, 0.05) is 24.7 Å². The fourth-order valence-corrected chi connectivity index (χ4v) is 2.19. The van der Waals surface area contributed by atoms with Crippen LogP contribution in [0.5, 0.6) is 0 Å². The lowest BCUT2D eigenvalue weighted by Gasteiger charge is -2.16. The van der Waals surface area contributed by atoms with Crippen LogP contribution in [0.3, 0.4) is 0 Å². The van der Waals surface area contributed by atoms with E-state index < -0.39 is 0 Å². The van der Waals surface area contributed by atoms with E-state index in [-0.39, 0.29) is 0 Å². The minimum Gasteiger partial charge on any atom is -0.314 e. The first kappa shape index (κ1) is 15.2. The Labute approximate surface area is 112 Å². The molecule has 1 aromatic heterocycles. The van der Waals surface area contributed by atoms with Crippen molar-refractivity contribution in [3.8, 4) is 0 Å².